The zero-order valence-electron chi connectivity index (χ0n) is 12.6. The molecule has 0 aromatic heterocycles. The van der Waals surface area contributed by atoms with Crippen molar-refractivity contribution in [2.45, 2.75) is 58.5 Å². The fourth-order valence-electron chi connectivity index (χ4n) is 3.28. The van der Waals surface area contributed by atoms with Crippen LogP contribution in [0.4, 0.5) is 74.6 Å². The Morgan fingerprint density at radius 3 is 0.862 bits per heavy atom. The monoisotopic (exact) mass is 474 g/mol. The summed E-state index contributed by atoms with van der Waals surface area (Å²) in [6.07, 6.45) is 0. The average Bonchev–Trinajstić information content (AvgIpc) is 2.55. The predicted molar refractivity (Wildman–Crippen MR) is 53.2 cm³/mol. The van der Waals surface area contributed by atoms with Crippen molar-refractivity contribution in [3.63, 3.8) is 0 Å². The van der Waals surface area contributed by atoms with Crippen LogP contribution in [0, 0.1) is 0 Å². The fraction of sp³-hybridized carbons (Fsp3) is 1.00. The number of hydrogen-bond acceptors (Lipinski definition) is 1. The van der Waals surface area contributed by atoms with Gasteiger partial charge in [-0.15, -0.1) is 0 Å². The lowest BCUT2D eigenvalue weighted by atomic mass is 9.51. The first-order valence-corrected chi connectivity index (χ1v) is 6.63. The van der Waals surface area contributed by atoms with Gasteiger partial charge in [0, 0.05) is 0 Å². The highest BCUT2D eigenvalue weighted by molar-refractivity contribution is 5.44. The minimum Gasteiger partial charge on any atom is -0.393 e. The molecule has 29 heavy (non-hydrogen) atoms. The lowest BCUT2D eigenvalue weighted by Gasteiger charge is -2.65. The number of hydrogen-bond donors (Lipinski definition) is 1. The molecule has 0 aromatic rings. The minimum atomic E-state index is -8.43. The van der Waals surface area contributed by atoms with E-state index >= 15 is 0 Å². The standard InChI is InChI=1S/C11H3F17O/c12-2(1-29)3(13)4(14,7(19,20)9(23,24)5(2,15)16)8(21,22)11(27,28)10(25,26)6(3,17)18/h29H,1H2. The topological polar surface area (TPSA) is 20.2 Å². The number of rotatable bonds is 1. The molecule has 1 N–H and O–H groups in total. The summed E-state index contributed by atoms with van der Waals surface area (Å²) in [5.74, 6) is -57.0. The third-order valence-corrected chi connectivity index (χ3v) is 5.01. The average molecular weight is 474 g/mol. The van der Waals surface area contributed by atoms with E-state index in [4.69, 9.17) is 5.11 Å². The molecule has 2 fully saturated rings. The van der Waals surface area contributed by atoms with Crippen molar-refractivity contribution in [2.24, 2.45) is 0 Å². The van der Waals surface area contributed by atoms with Crippen LogP contribution in [-0.4, -0.2) is 70.2 Å². The summed E-state index contributed by atoms with van der Waals surface area (Å²) in [6, 6.07) is 0. The van der Waals surface area contributed by atoms with E-state index in [-0.39, 0.29) is 0 Å². The van der Waals surface area contributed by atoms with Gasteiger partial charge in [0.25, 0.3) is 11.3 Å². The second-order valence-electron chi connectivity index (χ2n) is 6.30. The Bertz CT molecular complexity index is 719. The second-order valence-corrected chi connectivity index (χ2v) is 6.30. The molecular weight excluding hydrogens is 471 g/mol. The quantitative estimate of drug-likeness (QED) is 0.553. The van der Waals surface area contributed by atoms with Crippen molar-refractivity contribution in [3.05, 3.63) is 0 Å². The van der Waals surface area contributed by atoms with Gasteiger partial charge in [0.05, 0.1) is 6.61 Å². The smallest absolute Gasteiger partial charge is 0.382 e. The van der Waals surface area contributed by atoms with Gasteiger partial charge in [0.15, 0.2) is 0 Å². The fourth-order valence-corrected chi connectivity index (χ4v) is 3.28. The summed E-state index contributed by atoms with van der Waals surface area (Å²) in [6.45, 7) is -4.01. The molecule has 0 heterocycles. The zero-order valence-corrected chi connectivity index (χ0v) is 12.6. The SMILES string of the molecule is OCC1(F)C(F)(F)C(F)(F)C(F)(F)C2(F)C(F)(F)C(F)(F)C(F)(F)C(F)(F)C12F. The van der Waals surface area contributed by atoms with Crippen molar-refractivity contribution < 1.29 is 79.7 Å². The minimum absolute atomic E-state index is 4.01. The van der Waals surface area contributed by atoms with Gasteiger partial charge >= 0.3 is 41.5 Å². The molecule has 0 amide bonds. The molecule has 172 valence electrons. The second kappa shape index (κ2) is 4.98. The summed E-state index contributed by atoms with van der Waals surface area (Å²) < 4.78 is 233. The van der Waals surface area contributed by atoms with Crippen LogP contribution in [0.15, 0.2) is 0 Å². The molecule has 0 saturated heterocycles. The molecule has 18 heteroatoms. The normalized spacial score (nSPS) is 45.3. The maximum atomic E-state index is 14.7. The number of alkyl halides is 17. The first kappa shape index (κ1) is 24.0. The zero-order chi connectivity index (χ0) is 23.7. The summed E-state index contributed by atoms with van der Waals surface area (Å²) in [4.78, 5) is 0. The maximum Gasteiger partial charge on any atom is 0.382 e. The van der Waals surface area contributed by atoms with Gasteiger partial charge in [-0.3, -0.25) is 0 Å². The first-order chi connectivity index (χ1) is 12.3. The Kier molecular flexibility index (Phi) is 4.13. The molecular formula is C11H3F17O. The largest absolute Gasteiger partial charge is 0.393 e. The molecule has 0 spiro atoms. The molecule has 2 saturated carbocycles. The molecule has 3 atom stereocenters. The Hall–Kier alpha value is -1.23. The van der Waals surface area contributed by atoms with Crippen LogP contribution in [0.5, 0.6) is 0 Å². The number of halogens is 17. The molecule has 0 bridgehead atoms. The summed E-state index contributed by atoms with van der Waals surface area (Å²) in [5, 5.41) is 8.36. The van der Waals surface area contributed by atoms with Gasteiger partial charge in [0.2, 0.25) is 5.67 Å². The van der Waals surface area contributed by atoms with Crippen LogP contribution in [0.3, 0.4) is 0 Å². The molecule has 0 aliphatic heterocycles. The molecule has 3 unspecified atom stereocenters. The number of aliphatic hydroxyl groups excluding tert-OH is 1. The van der Waals surface area contributed by atoms with Gasteiger partial charge in [-0.2, -0.15) is 61.5 Å². The predicted octanol–water partition coefficient (Wildman–Crippen LogP) is 4.58. The highest BCUT2D eigenvalue weighted by Crippen LogP contribution is 2.80. The Balaban J connectivity index is 3.27. The molecule has 2 rings (SSSR count). The molecule has 2 aliphatic rings. The molecule has 2 aliphatic carbocycles. The van der Waals surface area contributed by atoms with Gasteiger partial charge in [-0.1, -0.05) is 0 Å². The third-order valence-electron chi connectivity index (χ3n) is 5.01. The van der Waals surface area contributed by atoms with Crippen LogP contribution in [0.1, 0.15) is 0 Å². The van der Waals surface area contributed by atoms with Crippen LogP contribution in [0.25, 0.3) is 0 Å². The van der Waals surface area contributed by atoms with Crippen LogP contribution in [-0.2, 0) is 0 Å². The Morgan fingerprint density at radius 2 is 0.586 bits per heavy atom. The maximum absolute atomic E-state index is 14.7. The van der Waals surface area contributed by atoms with E-state index < -0.39 is 65.1 Å². The van der Waals surface area contributed by atoms with Crippen molar-refractivity contribution in [3.8, 4) is 0 Å². The van der Waals surface area contributed by atoms with Crippen LogP contribution >= 0.6 is 0 Å². The Morgan fingerprint density at radius 1 is 0.345 bits per heavy atom. The van der Waals surface area contributed by atoms with E-state index in [9.17, 15) is 74.6 Å². The van der Waals surface area contributed by atoms with E-state index in [0.717, 1.165) is 0 Å². The van der Waals surface area contributed by atoms with Gasteiger partial charge < -0.3 is 5.11 Å². The molecule has 0 radical (unpaired) electrons. The lowest BCUT2D eigenvalue weighted by Crippen LogP contribution is -2.99. The first-order valence-electron chi connectivity index (χ1n) is 6.63. The van der Waals surface area contributed by atoms with Crippen molar-refractivity contribution >= 4 is 0 Å². The van der Waals surface area contributed by atoms with Gasteiger partial charge in [-0.05, 0) is 0 Å². The highest BCUT2D eigenvalue weighted by Gasteiger charge is 3.14. The van der Waals surface area contributed by atoms with Crippen molar-refractivity contribution in [2.75, 3.05) is 6.61 Å². The van der Waals surface area contributed by atoms with Gasteiger partial charge in [-0.25, -0.2) is 13.2 Å². The molecule has 0 aromatic carbocycles. The number of aliphatic hydroxyl groups is 1. The lowest BCUT2D eigenvalue weighted by molar-refractivity contribution is -0.548. The Labute approximate surface area is 146 Å². The summed E-state index contributed by atoms with van der Waals surface area (Å²) >= 11 is 0. The van der Waals surface area contributed by atoms with Crippen LogP contribution < -0.4 is 0 Å². The van der Waals surface area contributed by atoms with Crippen LogP contribution in [0.2, 0.25) is 0 Å². The summed E-state index contributed by atoms with van der Waals surface area (Å²) in [5.41, 5.74) is -24.0. The third kappa shape index (κ3) is 1.62. The van der Waals surface area contributed by atoms with E-state index in [2.05, 4.69) is 0 Å². The number of fused-ring (bicyclic) bond motifs is 1. The van der Waals surface area contributed by atoms with Crippen molar-refractivity contribution in [1.29, 1.82) is 0 Å². The van der Waals surface area contributed by atoms with Gasteiger partial charge in [0.1, 0.15) is 0 Å². The van der Waals surface area contributed by atoms with E-state index in [1.807, 2.05) is 0 Å². The van der Waals surface area contributed by atoms with E-state index in [1.165, 1.54) is 0 Å². The summed E-state index contributed by atoms with van der Waals surface area (Å²) in [7, 11) is 0. The molecule has 1 nitrogen and oxygen atoms in total. The van der Waals surface area contributed by atoms with E-state index in [1.54, 1.807) is 0 Å². The van der Waals surface area contributed by atoms with E-state index in [0.29, 0.717) is 0 Å². The highest BCUT2D eigenvalue weighted by atomic mass is 19.4. The van der Waals surface area contributed by atoms with Crippen molar-refractivity contribution in [1.82, 2.24) is 0 Å².